The standard InChI is InChI=1S/C22H25N5O2S2/c1-14-18(21(29)27-11-7-4-8-12-27)20(31-19(14)16-9-5-3-6-10-16)24-17(28)13-30-22-23-15(2)25-26-22/h3,5-6,9-10H,4,7-8,11-13H2,1-2H3,(H,24,28)(H,23,25,26). The minimum absolute atomic E-state index is 0.00294. The number of likely N-dealkylation sites (tertiary alicyclic amines) is 1. The molecule has 0 bridgehead atoms. The molecule has 9 heteroatoms. The van der Waals surface area contributed by atoms with Gasteiger partial charge in [0.1, 0.15) is 10.8 Å². The van der Waals surface area contributed by atoms with E-state index in [1.165, 1.54) is 23.1 Å². The molecule has 2 N–H and O–H groups in total. The quantitative estimate of drug-likeness (QED) is 0.534. The van der Waals surface area contributed by atoms with Gasteiger partial charge >= 0.3 is 0 Å². The van der Waals surface area contributed by atoms with Gasteiger partial charge in [-0.3, -0.25) is 14.7 Å². The van der Waals surface area contributed by atoms with Gasteiger partial charge < -0.3 is 10.2 Å². The number of amides is 2. The topological polar surface area (TPSA) is 91.0 Å². The predicted molar refractivity (Wildman–Crippen MR) is 125 cm³/mol. The monoisotopic (exact) mass is 455 g/mol. The van der Waals surface area contributed by atoms with E-state index in [4.69, 9.17) is 0 Å². The number of aromatic nitrogens is 3. The van der Waals surface area contributed by atoms with E-state index in [9.17, 15) is 9.59 Å². The van der Waals surface area contributed by atoms with Gasteiger partial charge in [-0.15, -0.1) is 16.4 Å². The molecule has 3 aromatic rings. The molecule has 0 unspecified atom stereocenters. The van der Waals surface area contributed by atoms with Gasteiger partial charge in [-0.05, 0) is 44.2 Å². The first kappa shape index (κ1) is 21.6. The summed E-state index contributed by atoms with van der Waals surface area (Å²) in [5.41, 5.74) is 2.57. The lowest BCUT2D eigenvalue weighted by Crippen LogP contribution is -2.36. The molecule has 0 aliphatic carbocycles. The predicted octanol–water partition coefficient (Wildman–Crippen LogP) is 4.51. The fourth-order valence-electron chi connectivity index (χ4n) is 3.66. The molecule has 2 amide bonds. The fraction of sp³-hybridized carbons (Fsp3) is 0.364. The van der Waals surface area contributed by atoms with Crippen LogP contribution in [-0.4, -0.2) is 50.7 Å². The first-order valence-corrected chi connectivity index (χ1v) is 12.1. The number of benzene rings is 1. The Kier molecular flexibility index (Phi) is 6.72. The van der Waals surface area contributed by atoms with Crippen LogP contribution in [0.3, 0.4) is 0 Å². The maximum Gasteiger partial charge on any atom is 0.257 e. The Hall–Kier alpha value is -2.65. The van der Waals surface area contributed by atoms with Gasteiger partial charge in [0.05, 0.1) is 11.3 Å². The molecular weight excluding hydrogens is 430 g/mol. The summed E-state index contributed by atoms with van der Waals surface area (Å²) in [7, 11) is 0. The van der Waals surface area contributed by atoms with Crippen LogP contribution in [0.5, 0.6) is 0 Å². The SMILES string of the molecule is Cc1nc(SCC(=O)Nc2sc(-c3ccccc3)c(C)c2C(=O)N2CCCCC2)n[nH]1. The minimum atomic E-state index is -0.180. The number of nitrogens with zero attached hydrogens (tertiary/aromatic N) is 3. The van der Waals surface area contributed by atoms with Crippen molar-refractivity contribution in [2.75, 3.05) is 24.2 Å². The molecule has 1 aromatic carbocycles. The molecule has 31 heavy (non-hydrogen) atoms. The van der Waals surface area contributed by atoms with Crippen LogP contribution in [0.25, 0.3) is 10.4 Å². The zero-order valence-electron chi connectivity index (χ0n) is 17.6. The van der Waals surface area contributed by atoms with Crippen molar-refractivity contribution in [2.24, 2.45) is 0 Å². The van der Waals surface area contributed by atoms with Crippen molar-refractivity contribution in [3.05, 3.63) is 47.3 Å². The molecule has 1 aliphatic rings. The van der Waals surface area contributed by atoms with Crippen molar-refractivity contribution in [1.29, 1.82) is 0 Å². The Morgan fingerprint density at radius 2 is 1.90 bits per heavy atom. The van der Waals surface area contributed by atoms with Crippen LogP contribution in [0.15, 0.2) is 35.5 Å². The molecular formula is C22H25N5O2S2. The molecule has 0 saturated carbocycles. The number of aryl methyl sites for hydroxylation is 1. The van der Waals surface area contributed by atoms with E-state index in [2.05, 4.69) is 20.5 Å². The van der Waals surface area contributed by atoms with Crippen LogP contribution in [0.1, 0.15) is 41.0 Å². The number of hydrogen-bond donors (Lipinski definition) is 2. The number of aromatic amines is 1. The van der Waals surface area contributed by atoms with Crippen molar-refractivity contribution < 1.29 is 9.59 Å². The highest BCUT2D eigenvalue weighted by Gasteiger charge is 2.27. The molecule has 162 valence electrons. The number of thiophene rings is 1. The van der Waals surface area contributed by atoms with Crippen molar-refractivity contribution in [3.8, 4) is 10.4 Å². The van der Waals surface area contributed by atoms with Gasteiger partial charge in [-0.1, -0.05) is 42.1 Å². The molecule has 2 aromatic heterocycles. The zero-order chi connectivity index (χ0) is 21.8. The Labute approximate surface area is 189 Å². The second kappa shape index (κ2) is 9.65. The molecule has 0 radical (unpaired) electrons. The van der Waals surface area contributed by atoms with E-state index in [0.29, 0.717) is 21.5 Å². The van der Waals surface area contributed by atoms with Crippen molar-refractivity contribution in [1.82, 2.24) is 20.1 Å². The van der Waals surface area contributed by atoms with Crippen LogP contribution in [0, 0.1) is 13.8 Å². The number of carbonyl (C=O) groups is 2. The summed E-state index contributed by atoms with van der Waals surface area (Å²) >= 11 is 2.72. The highest BCUT2D eigenvalue weighted by atomic mass is 32.2. The zero-order valence-corrected chi connectivity index (χ0v) is 19.2. The summed E-state index contributed by atoms with van der Waals surface area (Å²) in [6.07, 6.45) is 3.20. The number of nitrogens with one attached hydrogen (secondary N) is 2. The smallest absolute Gasteiger partial charge is 0.257 e. The van der Waals surface area contributed by atoms with Crippen LogP contribution >= 0.6 is 23.1 Å². The maximum absolute atomic E-state index is 13.4. The van der Waals surface area contributed by atoms with Gasteiger partial charge in [0.25, 0.3) is 5.91 Å². The second-order valence-electron chi connectivity index (χ2n) is 7.52. The first-order chi connectivity index (χ1) is 15.0. The largest absolute Gasteiger partial charge is 0.339 e. The minimum Gasteiger partial charge on any atom is -0.339 e. The molecule has 0 spiro atoms. The summed E-state index contributed by atoms with van der Waals surface area (Å²) in [5.74, 6) is 0.703. The summed E-state index contributed by atoms with van der Waals surface area (Å²) in [6.45, 7) is 5.32. The second-order valence-corrected chi connectivity index (χ2v) is 9.48. The number of hydrogen-bond acceptors (Lipinski definition) is 6. The molecule has 7 nitrogen and oxygen atoms in total. The van der Waals surface area contributed by atoms with Crippen molar-refractivity contribution in [3.63, 3.8) is 0 Å². The van der Waals surface area contributed by atoms with Crippen molar-refractivity contribution in [2.45, 2.75) is 38.3 Å². The average molecular weight is 456 g/mol. The number of H-pyrrole nitrogens is 1. The Morgan fingerprint density at radius 3 is 2.58 bits per heavy atom. The lowest BCUT2D eigenvalue weighted by atomic mass is 10.0. The summed E-state index contributed by atoms with van der Waals surface area (Å²) in [6, 6.07) is 9.99. The highest BCUT2D eigenvalue weighted by Crippen LogP contribution is 2.40. The number of piperidine rings is 1. The number of rotatable bonds is 6. The van der Waals surface area contributed by atoms with E-state index in [1.807, 2.05) is 49.1 Å². The highest BCUT2D eigenvalue weighted by molar-refractivity contribution is 7.99. The Morgan fingerprint density at radius 1 is 1.16 bits per heavy atom. The van der Waals surface area contributed by atoms with Gasteiger partial charge in [-0.2, -0.15) is 0 Å². The third-order valence-electron chi connectivity index (χ3n) is 5.20. The average Bonchev–Trinajstić information content (AvgIpc) is 3.35. The Bertz CT molecular complexity index is 1070. The third-order valence-corrected chi connectivity index (χ3v) is 7.31. The number of anilines is 1. The third kappa shape index (κ3) is 4.99. The molecule has 1 saturated heterocycles. The first-order valence-electron chi connectivity index (χ1n) is 10.3. The van der Waals surface area contributed by atoms with E-state index in [-0.39, 0.29) is 17.6 Å². The Balaban J connectivity index is 1.59. The van der Waals surface area contributed by atoms with Gasteiger partial charge in [-0.25, -0.2) is 4.98 Å². The van der Waals surface area contributed by atoms with Crippen LogP contribution < -0.4 is 5.32 Å². The van der Waals surface area contributed by atoms with Crippen LogP contribution in [-0.2, 0) is 4.79 Å². The lowest BCUT2D eigenvalue weighted by Gasteiger charge is -2.27. The molecule has 4 rings (SSSR count). The van der Waals surface area contributed by atoms with Gasteiger partial charge in [0.15, 0.2) is 0 Å². The van der Waals surface area contributed by atoms with Gasteiger partial charge in [0, 0.05) is 18.0 Å². The summed E-state index contributed by atoms with van der Waals surface area (Å²) in [5, 5.41) is 10.9. The van der Waals surface area contributed by atoms with Crippen molar-refractivity contribution >= 4 is 39.9 Å². The molecule has 1 fully saturated rings. The number of thioether (sulfide) groups is 1. The molecule has 1 aliphatic heterocycles. The van der Waals surface area contributed by atoms with Gasteiger partial charge in [0.2, 0.25) is 11.1 Å². The fourth-order valence-corrected chi connectivity index (χ4v) is 5.52. The van der Waals surface area contributed by atoms with Crippen LogP contribution in [0.4, 0.5) is 5.00 Å². The molecule has 3 heterocycles. The van der Waals surface area contributed by atoms with E-state index < -0.39 is 0 Å². The maximum atomic E-state index is 13.4. The van der Waals surface area contributed by atoms with Crippen LogP contribution in [0.2, 0.25) is 0 Å². The lowest BCUT2D eigenvalue weighted by molar-refractivity contribution is -0.113. The van der Waals surface area contributed by atoms with E-state index >= 15 is 0 Å². The summed E-state index contributed by atoms with van der Waals surface area (Å²) < 4.78 is 0. The molecule has 0 atom stereocenters. The van der Waals surface area contributed by atoms with E-state index in [0.717, 1.165) is 48.4 Å². The normalized spacial score (nSPS) is 13.9. The summed E-state index contributed by atoms with van der Waals surface area (Å²) in [4.78, 5) is 33.2. The number of carbonyl (C=O) groups excluding carboxylic acids is 2. The van der Waals surface area contributed by atoms with E-state index in [1.54, 1.807) is 0 Å².